The summed E-state index contributed by atoms with van der Waals surface area (Å²) in [5.41, 5.74) is 18.3. The molecule has 2 nitrogen and oxygen atoms in total. The highest BCUT2D eigenvalue weighted by atomic mass is 15.1. The van der Waals surface area contributed by atoms with Crippen LogP contribution in [-0.4, -0.2) is 26.2 Å². The van der Waals surface area contributed by atoms with Crippen molar-refractivity contribution in [1.29, 1.82) is 0 Å². The Hall–Kier alpha value is -6.38. The van der Waals surface area contributed by atoms with Crippen LogP contribution in [0.3, 0.4) is 0 Å². The van der Waals surface area contributed by atoms with Gasteiger partial charge < -0.3 is 9.80 Å². The molecule has 0 bridgehead atoms. The van der Waals surface area contributed by atoms with Crippen molar-refractivity contribution in [3.63, 3.8) is 0 Å². The molecule has 8 aromatic rings. The van der Waals surface area contributed by atoms with Crippen molar-refractivity contribution in [2.45, 2.75) is 57.8 Å². The molecular weight excluding hydrogens is 737 g/mol. The van der Waals surface area contributed by atoms with Gasteiger partial charge in [-0.3, -0.25) is 0 Å². The van der Waals surface area contributed by atoms with E-state index >= 15 is 0 Å². The second-order valence-electron chi connectivity index (χ2n) is 18.1. The zero-order valence-electron chi connectivity index (χ0n) is 35.6. The fraction of sp³-hybridized carbons (Fsp3) is 0.220. The molecule has 8 aromatic carbocycles. The Labute approximate surface area is 361 Å². The van der Waals surface area contributed by atoms with Gasteiger partial charge in [0, 0.05) is 43.0 Å². The van der Waals surface area contributed by atoms with E-state index in [4.69, 9.17) is 0 Å². The second-order valence-corrected chi connectivity index (χ2v) is 18.1. The minimum Gasteiger partial charge on any atom is -0.372 e. The Bertz CT molecular complexity index is 2880. The Balaban J connectivity index is 1.14. The summed E-state index contributed by atoms with van der Waals surface area (Å²) < 4.78 is 0. The Morgan fingerprint density at radius 2 is 0.918 bits per heavy atom. The van der Waals surface area contributed by atoms with Gasteiger partial charge in [0.05, 0.1) is 0 Å². The van der Waals surface area contributed by atoms with Crippen molar-refractivity contribution in [1.82, 2.24) is 0 Å². The van der Waals surface area contributed by atoms with Gasteiger partial charge in [0.25, 0.3) is 0 Å². The molecule has 2 aliphatic heterocycles. The summed E-state index contributed by atoms with van der Waals surface area (Å²) in [5.74, 6) is 0. The lowest BCUT2D eigenvalue weighted by atomic mass is 9.80. The number of benzene rings is 8. The molecule has 0 unspecified atom stereocenters. The number of anilines is 2. The maximum atomic E-state index is 2.62. The predicted octanol–water partition coefficient (Wildman–Crippen LogP) is 15.2. The molecule has 300 valence electrons. The van der Waals surface area contributed by atoms with E-state index in [-0.39, 0.29) is 5.41 Å². The molecule has 0 spiro atoms. The number of nitrogens with zero attached hydrogens (tertiary/aromatic N) is 2. The van der Waals surface area contributed by atoms with Crippen molar-refractivity contribution in [2.75, 3.05) is 36.0 Å². The number of hydrogen-bond acceptors (Lipinski definition) is 2. The van der Waals surface area contributed by atoms with E-state index in [1.54, 1.807) is 0 Å². The number of fused-ring (bicyclic) bond motifs is 5. The molecule has 0 N–H and O–H groups in total. The van der Waals surface area contributed by atoms with E-state index in [9.17, 15) is 0 Å². The number of rotatable bonds is 7. The first-order valence-electron chi connectivity index (χ1n) is 22.7. The molecule has 3 aliphatic rings. The number of hydrogen-bond donors (Lipinski definition) is 0. The minimum atomic E-state index is -0.0784. The molecule has 2 fully saturated rings. The largest absolute Gasteiger partial charge is 0.372 e. The molecule has 2 heterocycles. The summed E-state index contributed by atoms with van der Waals surface area (Å²) in [6.45, 7) is 9.28. The first kappa shape index (κ1) is 37.6. The van der Waals surface area contributed by atoms with Crippen LogP contribution in [0.5, 0.6) is 0 Å². The second kappa shape index (κ2) is 15.6. The third kappa shape index (κ3) is 6.74. The van der Waals surface area contributed by atoms with Crippen LogP contribution >= 0.6 is 0 Å². The summed E-state index contributed by atoms with van der Waals surface area (Å²) in [5, 5.41) is 5.31. The van der Waals surface area contributed by atoms with Gasteiger partial charge in [-0.05, 0) is 163 Å². The predicted molar refractivity (Wildman–Crippen MR) is 262 cm³/mol. The smallest absolute Gasteiger partial charge is 0.0372 e. The molecule has 0 radical (unpaired) electrons. The van der Waals surface area contributed by atoms with E-state index in [2.05, 4.69) is 194 Å². The van der Waals surface area contributed by atoms with Crippen molar-refractivity contribution in [3.8, 4) is 33.4 Å². The Morgan fingerprint density at radius 1 is 0.426 bits per heavy atom. The Morgan fingerprint density at radius 3 is 1.49 bits per heavy atom. The topological polar surface area (TPSA) is 6.48 Å². The van der Waals surface area contributed by atoms with E-state index < -0.39 is 0 Å². The number of piperidine rings is 2. The lowest BCUT2D eigenvalue weighted by Crippen LogP contribution is -2.29. The van der Waals surface area contributed by atoms with Gasteiger partial charge in [0.2, 0.25) is 0 Å². The Kier molecular flexibility index (Phi) is 9.60. The molecule has 61 heavy (non-hydrogen) atoms. The normalized spacial score (nSPS) is 15.8. The first-order valence-corrected chi connectivity index (χ1v) is 22.7. The van der Waals surface area contributed by atoms with Crippen molar-refractivity contribution < 1.29 is 0 Å². The maximum Gasteiger partial charge on any atom is 0.0372 e. The van der Waals surface area contributed by atoms with Crippen LogP contribution in [0.1, 0.15) is 80.2 Å². The SMILES string of the molecule is CC1(C)c2ccccc2-c2ccc(-c3c4ccc(N5CCCCC5)cc4c(-c4ccc(C=C(c5ccccc5)c5ccccc5)cc4)c4ccc(N5CCCCC5)cc34)cc21. The van der Waals surface area contributed by atoms with E-state index in [0.29, 0.717) is 0 Å². The zero-order valence-corrected chi connectivity index (χ0v) is 35.6. The minimum absolute atomic E-state index is 0.0784. The molecule has 0 amide bonds. The molecule has 2 heteroatoms. The summed E-state index contributed by atoms with van der Waals surface area (Å²) in [6, 6.07) is 62.1. The van der Waals surface area contributed by atoms with Crippen LogP contribution in [0.2, 0.25) is 0 Å². The maximum absolute atomic E-state index is 2.62. The van der Waals surface area contributed by atoms with Gasteiger partial charge in [0.15, 0.2) is 0 Å². The molecule has 2 saturated heterocycles. The lowest BCUT2D eigenvalue weighted by molar-refractivity contribution is 0.578. The van der Waals surface area contributed by atoms with Crippen LogP contribution in [0.15, 0.2) is 164 Å². The van der Waals surface area contributed by atoms with Crippen molar-refractivity contribution >= 4 is 44.6 Å². The van der Waals surface area contributed by atoms with Gasteiger partial charge >= 0.3 is 0 Å². The molecule has 0 aromatic heterocycles. The van der Waals surface area contributed by atoms with Crippen LogP contribution in [-0.2, 0) is 5.41 Å². The summed E-state index contributed by atoms with van der Waals surface area (Å²) in [6.07, 6.45) is 10.0. The summed E-state index contributed by atoms with van der Waals surface area (Å²) in [7, 11) is 0. The van der Waals surface area contributed by atoms with E-state index in [0.717, 1.165) is 26.2 Å². The average molecular weight is 791 g/mol. The molecule has 11 rings (SSSR count). The van der Waals surface area contributed by atoms with Crippen LogP contribution in [0, 0.1) is 0 Å². The van der Waals surface area contributed by atoms with Crippen molar-refractivity contribution in [3.05, 3.63) is 192 Å². The monoisotopic (exact) mass is 790 g/mol. The van der Waals surface area contributed by atoms with Crippen LogP contribution in [0.4, 0.5) is 11.4 Å². The van der Waals surface area contributed by atoms with Crippen LogP contribution in [0.25, 0.3) is 66.6 Å². The lowest BCUT2D eigenvalue weighted by Gasteiger charge is -2.30. The summed E-state index contributed by atoms with van der Waals surface area (Å²) in [4.78, 5) is 5.24. The molecule has 1 aliphatic carbocycles. The van der Waals surface area contributed by atoms with Gasteiger partial charge in [-0.2, -0.15) is 0 Å². The average Bonchev–Trinajstić information content (AvgIpc) is 3.56. The molecule has 0 atom stereocenters. The summed E-state index contributed by atoms with van der Waals surface area (Å²) >= 11 is 0. The highest BCUT2D eigenvalue weighted by Crippen LogP contribution is 2.52. The highest BCUT2D eigenvalue weighted by Gasteiger charge is 2.35. The van der Waals surface area contributed by atoms with Gasteiger partial charge in [-0.1, -0.05) is 147 Å². The molecular formula is C59H54N2. The first-order chi connectivity index (χ1) is 30.0. The highest BCUT2D eigenvalue weighted by molar-refractivity contribution is 6.22. The standard InChI is InChI=1S/C59H54N2/c1-59(2)55-22-12-11-21-48(55)49-30-27-45(38-56(49)59)58-51-32-29-46(60-33-13-5-14-34-60)39-53(51)57(50-31-28-47(40-54(50)58)61-35-15-6-16-36-61)44-25-23-41(24-26-44)37-52(42-17-7-3-8-18-42)43-19-9-4-10-20-43/h3-4,7-12,17-32,37-40H,5-6,13-16,33-36H2,1-2H3. The quantitative estimate of drug-likeness (QED) is 0.117. The zero-order chi connectivity index (χ0) is 40.9. The third-order valence-corrected chi connectivity index (χ3v) is 14.1. The fourth-order valence-corrected chi connectivity index (χ4v) is 10.9. The van der Waals surface area contributed by atoms with E-state index in [1.165, 1.54) is 138 Å². The van der Waals surface area contributed by atoms with E-state index in [1.807, 2.05) is 0 Å². The fourth-order valence-electron chi connectivity index (χ4n) is 10.9. The van der Waals surface area contributed by atoms with Gasteiger partial charge in [-0.15, -0.1) is 0 Å². The van der Waals surface area contributed by atoms with Crippen molar-refractivity contribution in [2.24, 2.45) is 0 Å². The van der Waals surface area contributed by atoms with Crippen LogP contribution < -0.4 is 9.80 Å². The van der Waals surface area contributed by atoms with Gasteiger partial charge in [-0.25, -0.2) is 0 Å². The third-order valence-electron chi connectivity index (χ3n) is 14.1. The molecule has 0 saturated carbocycles. The van der Waals surface area contributed by atoms with Gasteiger partial charge in [0.1, 0.15) is 0 Å².